The van der Waals surface area contributed by atoms with Crippen molar-refractivity contribution in [3.8, 4) is 17.2 Å². The lowest BCUT2D eigenvalue weighted by Gasteiger charge is -2.14. The largest absolute Gasteiger partial charge is 0.490 e. The van der Waals surface area contributed by atoms with E-state index < -0.39 is 0 Å². The predicted octanol–water partition coefficient (Wildman–Crippen LogP) is 5.43. The number of para-hydroxylation sites is 3. The molecule has 0 aliphatic heterocycles. The highest BCUT2D eigenvalue weighted by Crippen LogP contribution is 2.37. The first kappa shape index (κ1) is 14.2. The van der Waals surface area contributed by atoms with Crippen molar-refractivity contribution in [2.75, 3.05) is 6.61 Å². The summed E-state index contributed by atoms with van der Waals surface area (Å²) >= 11 is 9.64. The number of ether oxygens (including phenoxy) is 2. The summed E-state index contributed by atoms with van der Waals surface area (Å²) in [4.78, 5) is 0. The Bertz CT molecular complexity index is 558. The molecule has 0 saturated carbocycles. The van der Waals surface area contributed by atoms with Crippen molar-refractivity contribution in [2.24, 2.45) is 0 Å². The summed E-state index contributed by atoms with van der Waals surface area (Å²) in [5.41, 5.74) is 0.999. The molecule has 0 aliphatic carbocycles. The van der Waals surface area contributed by atoms with E-state index in [2.05, 4.69) is 15.9 Å². The van der Waals surface area contributed by atoms with Crippen LogP contribution in [-0.4, -0.2) is 6.61 Å². The molecule has 0 aromatic heterocycles. The number of hydrogen-bond acceptors (Lipinski definition) is 2. The Hall–Kier alpha value is -1.19. The van der Waals surface area contributed by atoms with Crippen LogP contribution in [0.5, 0.6) is 17.2 Å². The molecular formula is C15H14BrClO2. The molecule has 0 bridgehead atoms. The molecule has 0 aliphatic rings. The van der Waals surface area contributed by atoms with Crippen molar-refractivity contribution < 1.29 is 9.47 Å². The fourth-order valence-electron chi connectivity index (χ4n) is 1.69. The number of benzene rings is 2. The van der Waals surface area contributed by atoms with Crippen LogP contribution in [0, 0.1) is 0 Å². The minimum absolute atomic E-state index is 0.586. The Morgan fingerprint density at radius 1 is 1.05 bits per heavy atom. The quantitative estimate of drug-likeness (QED) is 0.675. The first-order chi connectivity index (χ1) is 9.26. The summed E-state index contributed by atoms with van der Waals surface area (Å²) < 4.78 is 11.5. The van der Waals surface area contributed by atoms with Gasteiger partial charge in [0.25, 0.3) is 0 Å². The van der Waals surface area contributed by atoms with E-state index in [0.717, 1.165) is 5.56 Å². The Balaban J connectivity index is 2.36. The molecule has 0 N–H and O–H groups in total. The van der Waals surface area contributed by atoms with Gasteiger partial charge in [-0.05, 0) is 25.1 Å². The Kier molecular flexibility index (Phi) is 5.11. The molecule has 0 spiro atoms. The maximum atomic E-state index is 6.20. The molecule has 0 atom stereocenters. The maximum Gasteiger partial charge on any atom is 0.169 e. The highest BCUT2D eigenvalue weighted by Gasteiger charge is 2.11. The van der Waals surface area contributed by atoms with Gasteiger partial charge in [-0.3, -0.25) is 0 Å². The molecule has 0 fully saturated rings. The smallest absolute Gasteiger partial charge is 0.169 e. The van der Waals surface area contributed by atoms with Gasteiger partial charge in [0.2, 0.25) is 0 Å². The average molecular weight is 342 g/mol. The molecule has 0 radical (unpaired) electrons. The third-order valence-corrected chi connectivity index (χ3v) is 3.46. The highest BCUT2D eigenvalue weighted by molar-refractivity contribution is 9.08. The van der Waals surface area contributed by atoms with Crippen LogP contribution in [-0.2, 0) is 5.33 Å². The molecule has 2 nitrogen and oxygen atoms in total. The third kappa shape index (κ3) is 3.43. The van der Waals surface area contributed by atoms with Crippen molar-refractivity contribution in [3.63, 3.8) is 0 Å². The van der Waals surface area contributed by atoms with Crippen LogP contribution in [0.25, 0.3) is 0 Å². The SMILES string of the molecule is CCOc1ccccc1Oc1c(Cl)cccc1CBr. The van der Waals surface area contributed by atoms with E-state index in [4.69, 9.17) is 21.1 Å². The van der Waals surface area contributed by atoms with Crippen molar-refractivity contribution in [2.45, 2.75) is 12.3 Å². The van der Waals surface area contributed by atoms with Gasteiger partial charge in [-0.2, -0.15) is 0 Å². The second-order valence-electron chi connectivity index (χ2n) is 3.84. The van der Waals surface area contributed by atoms with Gasteiger partial charge in [0, 0.05) is 10.9 Å². The van der Waals surface area contributed by atoms with Crippen LogP contribution in [0.15, 0.2) is 42.5 Å². The molecule has 0 amide bonds. The zero-order valence-corrected chi connectivity index (χ0v) is 12.9. The molecule has 100 valence electrons. The monoisotopic (exact) mass is 340 g/mol. The van der Waals surface area contributed by atoms with Crippen molar-refractivity contribution >= 4 is 27.5 Å². The molecule has 2 aromatic carbocycles. The topological polar surface area (TPSA) is 18.5 Å². The van der Waals surface area contributed by atoms with E-state index >= 15 is 0 Å². The van der Waals surface area contributed by atoms with Gasteiger partial charge in [-0.25, -0.2) is 0 Å². The number of alkyl halides is 1. The fraction of sp³-hybridized carbons (Fsp3) is 0.200. The van der Waals surface area contributed by atoms with E-state index in [0.29, 0.717) is 34.2 Å². The average Bonchev–Trinajstić information content (AvgIpc) is 2.43. The lowest BCUT2D eigenvalue weighted by Crippen LogP contribution is -1.96. The minimum atomic E-state index is 0.586. The van der Waals surface area contributed by atoms with Crippen LogP contribution >= 0.6 is 27.5 Å². The van der Waals surface area contributed by atoms with Gasteiger partial charge in [-0.1, -0.05) is 51.8 Å². The lowest BCUT2D eigenvalue weighted by atomic mass is 10.2. The molecule has 19 heavy (non-hydrogen) atoms. The molecule has 2 aromatic rings. The second-order valence-corrected chi connectivity index (χ2v) is 4.81. The normalized spacial score (nSPS) is 10.3. The summed E-state index contributed by atoms with van der Waals surface area (Å²) in [6.45, 7) is 2.53. The molecule has 4 heteroatoms. The zero-order valence-electron chi connectivity index (χ0n) is 10.5. The lowest BCUT2D eigenvalue weighted by molar-refractivity contribution is 0.321. The third-order valence-electron chi connectivity index (χ3n) is 2.55. The first-order valence-electron chi connectivity index (χ1n) is 5.99. The predicted molar refractivity (Wildman–Crippen MR) is 81.8 cm³/mol. The molecule has 0 unspecified atom stereocenters. The minimum Gasteiger partial charge on any atom is -0.490 e. The van der Waals surface area contributed by atoms with E-state index in [1.165, 1.54) is 0 Å². The van der Waals surface area contributed by atoms with Crippen LogP contribution in [0.3, 0.4) is 0 Å². The molecular weight excluding hydrogens is 328 g/mol. The van der Waals surface area contributed by atoms with Gasteiger partial charge in [0.15, 0.2) is 11.5 Å². The summed E-state index contributed by atoms with van der Waals surface area (Å²) in [5.74, 6) is 2.04. The Morgan fingerprint density at radius 3 is 2.47 bits per heavy atom. The van der Waals surface area contributed by atoms with Gasteiger partial charge >= 0.3 is 0 Å². The summed E-state index contributed by atoms with van der Waals surface area (Å²) in [6, 6.07) is 13.3. The molecule has 0 heterocycles. The number of hydrogen-bond donors (Lipinski definition) is 0. The zero-order chi connectivity index (χ0) is 13.7. The first-order valence-corrected chi connectivity index (χ1v) is 7.49. The van der Waals surface area contributed by atoms with Gasteiger partial charge < -0.3 is 9.47 Å². The van der Waals surface area contributed by atoms with E-state index in [1.807, 2.05) is 49.4 Å². The van der Waals surface area contributed by atoms with E-state index in [-0.39, 0.29) is 0 Å². The number of rotatable bonds is 5. The summed E-state index contributed by atoms with van der Waals surface area (Å²) in [7, 11) is 0. The van der Waals surface area contributed by atoms with Crippen molar-refractivity contribution in [1.29, 1.82) is 0 Å². The summed E-state index contributed by atoms with van der Waals surface area (Å²) in [5, 5.41) is 1.27. The fourth-order valence-corrected chi connectivity index (χ4v) is 2.37. The van der Waals surface area contributed by atoms with Crippen molar-refractivity contribution in [1.82, 2.24) is 0 Å². The van der Waals surface area contributed by atoms with Crippen LogP contribution in [0.2, 0.25) is 5.02 Å². The van der Waals surface area contributed by atoms with E-state index in [9.17, 15) is 0 Å². The standard InChI is InChI=1S/C15H14BrClO2/c1-2-18-13-8-3-4-9-14(13)19-15-11(10-16)6-5-7-12(15)17/h3-9H,2,10H2,1H3. The van der Waals surface area contributed by atoms with Gasteiger partial charge in [0.05, 0.1) is 11.6 Å². The van der Waals surface area contributed by atoms with Crippen molar-refractivity contribution in [3.05, 3.63) is 53.1 Å². The van der Waals surface area contributed by atoms with Crippen LogP contribution in [0.4, 0.5) is 0 Å². The Morgan fingerprint density at radius 2 is 1.79 bits per heavy atom. The van der Waals surface area contributed by atoms with Crippen LogP contribution in [0.1, 0.15) is 12.5 Å². The summed E-state index contributed by atoms with van der Waals surface area (Å²) in [6.07, 6.45) is 0. The van der Waals surface area contributed by atoms with Crippen LogP contribution < -0.4 is 9.47 Å². The molecule has 0 saturated heterocycles. The number of halogens is 2. The van der Waals surface area contributed by atoms with Gasteiger partial charge in [0.1, 0.15) is 5.75 Å². The van der Waals surface area contributed by atoms with E-state index in [1.54, 1.807) is 0 Å². The maximum absolute atomic E-state index is 6.20. The second kappa shape index (κ2) is 6.83. The Labute approximate surface area is 126 Å². The highest BCUT2D eigenvalue weighted by atomic mass is 79.9. The van der Waals surface area contributed by atoms with Gasteiger partial charge in [-0.15, -0.1) is 0 Å². The molecule has 2 rings (SSSR count).